The summed E-state index contributed by atoms with van der Waals surface area (Å²) in [6.45, 7) is 0.454. The second-order valence-electron chi connectivity index (χ2n) is 6.56. The fourth-order valence-corrected chi connectivity index (χ4v) is 3.88. The van der Waals surface area contributed by atoms with Gasteiger partial charge in [0.15, 0.2) is 11.0 Å². The number of halogens is 2. The summed E-state index contributed by atoms with van der Waals surface area (Å²) in [5, 5.41) is 11.7. The molecule has 1 N–H and O–H groups in total. The van der Waals surface area contributed by atoms with Crippen molar-refractivity contribution in [1.82, 2.24) is 19.7 Å². The summed E-state index contributed by atoms with van der Waals surface area (Å²) in [6, 6.07) is 19.7. The lowest BCUT2D eigenvalue weighted by Crippen LogP contribution is -2.15. The van der Waals surface area contributed by atoms with Crippen LogP contribution in [-0.4, -0.2) is 31.4 Å². The van der Waals surface area contributed by atoms with Crippen LogP contribution in [0.5, 0.6) is 0 Å². The maximum Gasteiger partial charge on any atom is 0.236 e. The van der Waals surface area contributed by atoms with E-state index in [9.17, 15) is 9.18 Å². The first kappa shape index (κ1) is 21.2. The summed E-state index contributed by atoms with van der Waals surface area (Å²) in [5.41, 5.74) is 1.38. The molecule has 2 aromatic carbocycles. The largest absolute Gasteiger partial charge is 0.310 e. The van der Waals surface area contributed by atoms with Crippen molar-refractivity contribution in [2.45, 2.75) is 11.7 Å². The molecule has 0 atom stereocenters. The number of hydrogen-bond acceptors (Lipinski definition) is 5. The van der Waals surface area contributed by atoms with Crippen molar-refractivity contribution in [3.63, 3.8) is 0 Å². The van der Waals surface area contributed by atoms with Gasteiger partial charge in [-0.3, -0.25) is 9.36 Å². The molecule has 0 radical (unpaired) electrons. The number of pyridine rings is 1. The van der Waals surface area contributed by atoms with Gasteiger partial charge in [-0.15, -0.1) is 10.2 Å². The maximum atomic E-state index is 14.4. The number of carbonyl (C=O) groups excluding carboxylic acids is 1. The monoisotopic (exact) mass is 497 g/mol. The van der Waals surface area contributed by atoms with Gasteiger partial charge >= 0.3 is 0 Å². The average molecular weight is 498 g/mol. The Morgan fingerprint density at radius 2 is 1.81 bits per heavy atom. The number of benzene rings is 2. The lowest BCUT2D eigenvalue weighted by atomic mass is 10.2. The molecule has 0 saturated carbocycles. The third-order valence-electron chi connectivity index (χ3n) is 4.34. The van der Waals surface area contributed by atoms with E-state index in [-0.39, 0.29) is 17.5 Å². The molecule has 0 aliphatic heterocycles. The van der Waals surface area contributed by atoms with Crippen molar-refractivity contribution in [3.8, 4) is 11.4 Å². The number of aromatic nitrogens is 4. The highest BCUT2D eigenvalue weighted by Gasteiger charge is 2.18. The van der Waals surface area contributed by atoms with Crippen LogP contribution in [0.15, 0.2) is 82.6 Å². The Balaban J connectivity index is 1.56. The SMILES string of the molecule is O=C(CSc1nnc(-c2ccccc2F)n1Cc1ccccc1)Nc1ccc(Br)cn1. The van der Waals surface area contributed by atoms with Crippen LogP contribution in [0, 0.1) is 5.82 Å². The number of thioether (sulfide) groups is 1. The Kier molecular flexibility index (Phi) is 6.73. The van der Waals surface area contributed by atoms with E-state index >= 15 is 0 Å². The van der Waals surface area contributed by atoms with Crippen LogP contribution in [0.4, 0.5) is 10.2 Å². The minimum Gasteiger partial charge on any atom is -0.310 e. The number of carbonyl (C=O) groups is 1. The molecular weight excluding hydrogens is 481 g/mol. The van der Waals surface area contributed by atoms with Crippen LogP contribution in [0.25, 0.3) is 11.4 Å². The standard InChI is InChI=1S/C22H17BrFN5OS/c23-16-10-11-19(25-12-16)26-20(30)14-31-22-28-27-21(17-8-4-5-9-18(17)24)29(22)13-15-6-2-1-3-7-15/h1-12H,13-14H2,(H,25,26,30). The molecule has 4 rings (SSSR count). The van der Waals surface area contributed by atoms with E-state index in [1.807, 2.05) is 34.9 Å². The zero-order valence-electron chi connectivity index (χ0n) is 16.2. The maximum absolute atomic E-state index is 14.4. The molecular formula is C22H17BrFN5OS. The van der Waals surface area contributed by atoms with Crippen LogP contribution in [0.1, 0.15) is 5.56 Å². The molecule has 2 aromatic heterocycles. The smallest absolute Gasteiger partial charge is 0.236 e. The van der Waals surface area contributed by atoms with Crippen molar-refractivity contribution < 1.29 is 9.18 Å². The Hall–Kier alpha value is -3.04. The first-order valence-corrected chi connectivity index (χ1v) is 11.1. The molecule has 0 aliphatic carbocycles. The fourth-order valence-electron chi connectivity index (χ4n) is 2.90. The number of nitrogens with one attached hydrogen (secondary N) is 1. The highest BCUT2D eigenvalue weighted by atomic mass is 79.9. The molecule has 9 heteroatoms. The Bertz CT molecular complexity index is 1180. The van der Waals surface area contributed by atoms with Crippen LogP contribution in [0.2, 0.25) is 0 Å². The van der Waals surface area contributed by atoms with Crippen LogP contribution in [-0.2, 0) is 11.3 Å². The minimum atomic E-state index is -0.375. The number of nitrogens with zero attached hydrogens (tertiary/aromatic N) is 4. The van der Waals surface area contributed by atoms with E-state index < -0.39 is 0 Å². The zero-order chi connectivity index (χ0) is 21.6. The third-order valence-corrected chi connectivity index (χ3v) is 5.78. The topological polar surface area (TPSA) is 72.7 Å². The number of rotatable bonds is 7. The van der Waals surface area contributed by atoms with Gasteiger partial charge in [0.1, 0.15) is 11.6 Å². The van der Waals surface area contributed by atoms with E-state index in [2.05, 4.69) is 36.4 Å². The summed E-state index contributed by atoms with van der Waals surface area (Å²) in [5.74, 6) is 0.398. The predicted molar refractivity (Wildman–Crippen MR) is 122 cm³/mol. The predicted octanol–water partition coefficient (Wildman–Crippen LogP) is 5.02. The third kappa shape index (κ3) is 5.36. The summed E-state index contributed by atoms with van der Waals surface area (Å²) in [7, 11) is 0. The molecule has 2 heterocycles. The first-order valence-electron chi connectivity index (χ1n) is 9.36. The molecule has 0 unspecified atom stereocenters. The van der Waals surface area contributed by atoms with Gasteiger partial charge in [-0.2, -0.15) is 0 Å². The van der Waals surface area contributed by atoms with Crippen molar-refractivity contribution >= 4 is 39.4 Å². The van der Waals surface area contributed by atoms with E-state index in [0.29, 0.717) is 28.9 Å². The lowest BCUT2D eigenvalue weighted by Gasteiger charge is -2.11. The Morgan fingerprint density at radius 1 is 1.03 bits per heavy atom. The molecule has 0 spiro atoms. The molecule has 0 aliphatic rings. The Morgan fingerprint density at radius 3 is 2.55 bits per heavy atom. The molecule has 6 nitrogen and oxygen atoms in total. The second kappa shape index (κ2) is 9.84. The van der Waals surface area contributed by atoms with Gasteiger partial charge in [0, 0.05) is 10.7 Å². The van der Waals surface area contributed by atoms with Crippen LogP contribution < -0.4 is 5.32 Å². The molecule has 156 valence electrons. The number of amides is 1. The van der Waals surface area contributed by atoms with Crippen LogP contribution >= 0.6 is 27.7 Å². The van der Waals surface area contributed by atoms with Crippen LogP contribution in [0.3, 0.4) is 0 Å². The lowest BCUT2D eigenvalue weighted by molar-refractivity contribution is -0.113. The van der Waals surface area contributed by atoms with Gasteiger partial charge < -0.3 is 5.32 Å². The number of anilines is 1. The number of hydrogen-bond donors (Lipinski definition) is 1. The molecule has 4 aromatic rings. The quantitative estimate of drug-likeness (QED) is 0.363. The van der Waals surface area contributed by atoms with Crippen molar-refractivity contribution in [1.29, 1.82) is 0 Å². The molecule has 31 heavy (non-hydrogen) atoms. The zero-order valence-corrected chi connectivity index (χ0v) is 18.6. The first-order chi connectivity index (χ1) is 15.1. The van der Waals surface area contributed by atoms with Gasteiger partial charge in [-0.25, -0.2) is 9.37 Å². The van der Waals surface area contributed by atoms with Gasteiger partial charge in [0.2, 0.25) is 5.91 Å². The highest BCUT2D eigenvalue weighted by Crippen LogP contribution is 2.27. The molecule has 0 bridgehead atoms. The van der Waals surface area contributed by atoms with Gasteiger partial charge in [0.25, 0.3) is 0 Å². The summed E-state index contributed by atoms with van der Waals surface area (Å²) in [4.78, 5) is 16.5. The second-order valence-corrected chi connectivity index (χ2v) is 8.41. The van der Waals surface area contributed by atoms with E-state index in [1.165, 1.54) is 17.8 Å². The minimum absolute atomic E-state index is 0.113. The van der Waals surface area contributed by atoms with Gasteiger partial charge in [0.05, 0.1) is 17.9 Å². The summed E-state index contributed by atoms with van der Waals surface area (Å²) >= 11 is 4.55. The normalized spacial score (nSPS) is 10.8. The van der Waals surface area contributed by atoms with E-state index in [4.69, 9.17) is 0 Å². The molecule has 1 amide bonds. The highest BCUT2D eigenvalue weighted by molar-refractivity contribution is 9.10. The summed E-state index contributed by atoms with van der Waals surface area (Å²) < 4.78 is 17.1. The van der Waals surface area contributed by atoms with Gasteiger partial charge in [-0.05, 0) is 45.8 Å². The molecule has 0 fully saturated rings. The average Bonchev–Trinajstić information content (AvgIpc) is 3.17. The van der Waals surface area contributed by atoms with Crippen molar-refractivity contribution in [2.75, 3.05) is 11.1 Å². The van der Waals surface area contributed by atoms with Gasteiger partial charge in [-0.1, -0.05) is 54.2 Å². The van der Waals surface area contributed by atoms with E-state index in [0.717, 1.165) is 10.0 Å². The fraction of sp³-hybridized carbons (Fsp3) is 0.0909. The molecule has 0 saturated heterocycles. The summed E-state index contributed by atoms with van der Waals surface area (Å²) in [6.07, 6.45) is 1.61. The van der Waals surface area contributed by atoms with E-state index in [1.54, 1.807) is 36.5 Å². The van der Waals surface area contributed by atoms with Crippen molar-refractivity contribution in [2.24, 2.45) is 0 Å². The Labute approximate surface area is 191 Å². The van der Waals surface area contributed by atoms with Crippen molar-refractivity contribution in [3.05, 3.63) is 88.8 Å².